The van der Waals surface area contributed by atoms with E-state index in [9.17, 15) is 5.11 Å². The molecule has 2 heterocycles. The Bertz CT molecular complexity index is 630. The predicted molar refractivity (Wildman–Crippen MR) is 87.0 cm³/mol. The molecule has 0 saturated carbocycles. The maximum atomic E-state index is 10.3. The maximum absolute atomic E-state index is 10.3. The molecular weight excluding hydrogens is 314 g/mol. The second-order valence-corrected chi connectivity index (χ2v) is 6.68. The van der Waals surface area contributed by atoms with Crippen LogP contribution in [-0.2, 0) is 4.74 Å². The van der Waals surface area contributed by atoms with E-state index < -0.39 is 0 Å². The van der Waals surface area contributed by atoms with Crippen molar-refractivity contribution in [2.45, 2.75) is 18.2 Å². The van der Waals surface area contributed by atoms with Crippen LogP contribution in [-0.4, -0.2) is 70.0 Å². The lowest BCUT2D eigenvalue weighted by molar-refractivity contribution is -0.910. The molecule has 0 bridgehead atoms. The molecule has 0 unspecified atom stereocenters. The van der Waals surface area contributed by atoms with Crippen LogP contribution in [0.4, 0.5) is 0 Å². The Morgan fingerprint density at radius 2 is 2.13 bits per heavy atom. The number of thioether (sulfide) groups is 1. The number of aliphatic hydroxyl groups excluding tert-OH is 1. The number of rotatable bonds is 6. The van der Waals surface area contributed by atoms with Gasteiger partial charge in [-0.25, -0.2) is 0 Å². The smallest absolute Gasteiger partial charge is 0.214 e. The molecule has 0 radical (unpaired) electrons. The molecule has 0 aliphatic carbocycles. The summed E-state index contributed by atoms with van der Waals surface area (Å²) in [5, 5.41) is 22.9. The number of para-hydroxylation sites is 1. The van der Waals surface area contributed by atoms with Crippen molar-refractivity contribution in [3.8, 4) is 5.69 Å². The van der Waals surface area contributed by atoms with Gasteiger partial charge in [-0.05, 0) is 29.0 Å². The van der Waals surface area contributed by atoms with Crippen molar-refractivity contribution in [1.29, 1.82) is 0 Å². The van der Waals surface area contributed by atoms with Crippen LogP contribution in [0.2, 0.25) is 0 Å². The molecular formula is C15H22N5O2S+. The minimum atomic E-state index is -0.380. The Labute approximate surface area is 139 Å². The molecule has 2 aromatic rings. The normalized spacial score (nSPS) is 17.3. The van der Waals surface area contributed by atoms with Gasteiger partial charge in [-0.3, -0.25) is 0 Å². The first-order valence-corrected chi connectivity index (χ1v) is 8.79. The zero-order chi connectivity index (χ0) is 16.1. The molecule has 124 valence electrons. The van der Waals surface area contributed by atoms with Gasteiger partial charge in [-0.1, -0.05) is 30.0 Å². The van der Waals surface area contributed by atoms with Crippen LogP contribution in [0.5, 0.6) is 0 Å². The van der Waals surface area contributed by atoms with Crippen LogP contribution >= 0.6 is 11.8 Å². The van der Waals surface area contributed by atoms with Gasteiger partial charge in [0.05, 0.1) is 18.9 Å². The standard InChI is InChI=1S/C15H21N5O2S/c1-12-4-2-3-5-14(12)20-15(16-17-18-20)23-11-13(21)10-19-6-8-22-9-7-19/h2-5,13,21H,6-11H2,1H3/p+1/t13-/m0/s1. The van der Waals surface area contributed by atoms with Gasteiger partial charge in [-0.2, -0.15) is 4.68 Å². The molecule has 1 saturated heterocycles. The zero-order valence-corrected chi connectivity index (χ0v) is 14.0. The van der Waals surface area contributed by atoms with Gasteiger partial charge >= 0.3 is 0 Å². The van der Waals surface area contributed by atoms with E-state index >= 15 is 0 Å². The fourth-order valence-corrected chi connectivity index (χ4v) is 3.46. The predicted octanol–water partition coefficient (Wildman–Crippen LogP) is -0.661. The molecule has 0 spiro atoms. The van der Waals surface area contributed by atoms with Crippen LogP contribution in [0, 0.1) is 6.92 Å². The Morgan fingerprint density at radius 3 is 2.91 bits per heavy atom. The van der Waals surface area contributed by atoms with E-state index in [4.69, 9.17) is 4.74 Å². The van der Waals surface area contributed by atoms with E-state index in [0.717, 1.165) is 44.1 Å². The van der Waals surface area contributed by atoms with Gasteiger partial charge in [-0.15, -0.1) is 5.10 Å². The summed E-state index contributed by atoms with van der Waals surface area (Å²) < 4.78 is 7.07. The second kappa shape index (κ2) is 7.87. The van der Waals surface area contributed by atoms with Crippen molar-refractivity contribution < 1.29 is 14.7 Å². The number of nitrogens with one attached hydrogen (secondary N) is 1. The Kier molecular flexibility index (Phi) is 5.60. The van der Waals surface area contributed by atoms with Gasteiger partial charge in [0.15, 0.2) is 0 Å². The number of benzene rings is 1. The summed E-state index contributed by atoms with van der Waals surface area (Å²) >= 11 is 1.49. The molecule has 1 aromatic carbocycles. The van der Waals surface area contributed by atoms with Crippen LogP contribution in [0.3, 0.4) is 0 Å². The lowest BCUT2D eigenvalue weighted by Gasteiger charge is -2.25. The highest BCUT2D eigenvalue weighted by atomic mass is 32.2. The SMILES string of the molecule is Cc1ccccc1-n1nnnc1SC[C@@H](O)C[NH+]1CCOCC1. The van der Waals surface area contributed by atoms with Crippen molar-refractivity contribution in [2.75, 3.05) is 38.6 Å². The number of hydrogen-bond donors (Lipinski definition) is 2. The van der Waals surface area contributed by atoms with Crippen LogP contribution in [0.25, 0.3) is 5.69 Å². The molecule has 7 nitrogen and oxygen atoms in total. The summed E-state index contributed by atoms with van der Waals surface area (Å²) in [6, 6.07) is 7.98. The number of morpholine rings is 1. The lowest BCUT2D eigenvalue weighted by atomic mass is 10.2. The first kappa shape index (κ1) is 16.4. The third kappa shape index (κ3) is 4.29. The van der Waals surface area contributed by atoms with Crippen molar-refractivity contribution in [3.63, 3.8) is 0 Å². The summed E-state index contributed by atoms with van der Waals surface area (Å²) in [6.07, 6.45) is -0.380. The van der Waals surface area contributed by atoms with E-state index in [0.29, 0.717) is 10.9 Å². The van der Waals surface area contributed by atoms with E-state index in [1.807, 2.05) is 31.2 Å². The molecule has 0 amide bonds. The van der Waals surface area contributed by atoms with Crippen molar-refractivity contribution in [1.82, 2.24) is 20.2 Å². The number of tetrazole rings is 1. The quantitative estimate of drug-likeness (QED) is 0.682. The number of ether oxygens (including phenoxy) is 1. The van der Waals surface area contributed by atoms with Crippen molar-refractivity contribution >= 4 is 11.8 Å². The van der Waals surface area contributed by atoms with Crippen molar-refractivity contribution in [2.24, 2.45) is 0 Å². The van der Waals surface area contributed by atoms with Gasteiger partial charge in [0.1, 0.15) is 25.7 Å². The number of aryl methyl sites for hydroxylation is 1. The van der Waals surface area contributed by atoms with Gasteiger partial charge in [0.25, 0.3) is 0 Å². The summed E-state index contributed by atoms with van der Waals surface area (Å²) in [7, 11) is 0. The lowest BCUT2D eigenvalue weighted by Crippen LogP contribution is -3.15. The number of hydrogen-bond acceptors (Lipinski definition) is 6. The minimum absolute atomic E-state index is 0.380. The number of aliphatic hydroxyl groups is 1. The monoisotopic (exact) mass is 336 g/mol. The summed E-state index contributed by atoms with van der Waals surface area (Å²) in [6.45, 7) is 6.25. The number of quaternary nitrogens is 1. The third-order valence-electron chi connectivity index (χ3n) is 3.91. The largest absolute Gasteiger partial charge is 0.386 e. The average Bonchev–Trinajstić information content (AvgIpc) is 3.03. The topological polar surface area (TPSA) is 77.5 Å². The molecule has 1 fully saturated rings. The van der Waals surface area contributed by atoms with E-state index in [2.05, 4.69) is 15.5 Å². The summed E-state index contributed by atoms with van der Waals surface area (Å²) in [5.74, 6) is 0.580. The molecule has 1 aromatic heterocycles. The second-order valence-electron chi connectivity index (χ2n) is 5.69. The summed E-state index contributed by atoms with van der Waals surface area (Å²) in [5.41, 5.74) is 2.08. The molecule has 8 heteroatoms. The van der Waals surface area contributed by atoms with Crippen LogP contribution < -0.4 is 4.90 Å². The highest BCUT2D eigenvalue weighted by Crippen LogP contribution is 2.20. The molecule has 23 heavy (non-hydrogen) atoms. The van der Waals surface area contributed by atoms with E-state index in [-0.39, 0.29) is 6.10 Å². The Balaban J connectivity index is 1.59. The maximum Gasteiger partial charge on any atom is 0.214 e. The van der Waals surface area contributed by atoms with Crippen LogP contribution in [0.15, 0.2) is 29.4 Å². The Morgan fingerprint density at radius 1 is 1.35 bits per heavy atom. The van der Waals surface area contributed by atoms with Gasteiger partial charge in [0, 0.05) is 5.75 Å². The highest BCUT2D eigenvalue weighted by Gasteiger charge is 2.19. The zero-order valence-electron chi connectivity index (χ0n) is 13.2. The fourth-order valence-electron chi connectivity index (χ4n) is 2.65. The minimum Gasteiger partial charge on any atom is -0.386 e. The van der Waals surface area contributed by atoms with E-state index in [1.54, 1.807) is 4.68 Å². The highest BCUT2D eigenvalue weighted by molar-refractivity contribution is 7.99. The molecule has 1 atom stereocenters. The third-order valence-corrected chi connectivity index (χ3v) is 4.98. The van der Waals surface area contributed by atoms with Gasteiger partial charge < -0.3 is 14.7 Å². The van der Waals surface area contributed by atoms with Gasteiger partial charge in [0.2, 0.25) is 5.16 Å². The molecule has 1 aliphatic rings. The van der Waals surface area contributed by atoms with E-state index in [1.165, 1.54) is 16.7 Å². The fraction of sp³-hybridized carbons (Fsp3) is 0.533. The van der Waals surface area contributed by atoms with Crippen molar-refractivity contribution in [3.05, 3.63) is 29.8 Å². The number of aromatic nitrogens is 4. The Hall–Kier alpha value is -1.48. The first-order chi connectivity index (χ1) is 11.2. The van der Waals surface area contributed by atoms with Crippen LogP contribution in [0.1, 0.15) is 5.56 Å². The molecule has 3 rings (SSSR count). The average molecular weight is 336 g/mol. The molecule has 2 N–H and O–H groups in total. The summed E-state index contributed by atoms with van der Waals surface area (Å²) in [4.78, 5) is 1.39. The first-order valence-electron chi connectivity index (χ1n) is 7.80. The number of nitrogens with zero attached hydrogens (tertiary/aromatic N) is 4. The molecule has 1 aliphatic heterocycles.